The maximum absolute atomic E-state index is 5.94. The molecule has 2 fully saturated rings. The summed E-state index contributed by atoms with van der Waals surface area (Å²) in [7, 11) is -2.48. The van der Waals surface area contributed by atoms with Gasteiger partial charge in [0.1, 0.15) is 11.7 Å². The third-order valence-corrected chi connectivity index (χ3v) is 7.84. The Morgan fingerprint density at radius 3 is 2.35 bits per heavy atom. The largest absolute Gasteiger partial charge is 0.500 e. The fraction of sp³-hybridized carbons (Fsp3) is 0.867. The Labute approximate surface area is 122 Å². The fourth-order valence-electron chi connectivity index (χ4n) is 3.95. The minimum absolute atomic E-state index is 0.167. The highest BCUT2D eigenvalue weighted by atomic mass is 28.4. The van der Waals surface area contributed by atoms with E-state index >= 15 is 0 Å². The van der Waals surface area contributed by atoms with Gasteiger partial charge in [0.2, 0.25) is 0 Å². The Morgan fingerprint density at radius 2 is 1.85 bits per heavy atom. The van der Waals surface area contributed by atoms with Crippen LogP contribution >= 0.6 is 0 Å². The number of rotatable bonds is 9. The van der Waals surface area contributed by atoms with E-state index in [-0.39, 0.29) is 5.60 Å². The molecule has 0 radical (unpaired) electrons. The second kappa shape index (κ2) is 5.53. The lowest BCUT2D eigenvalue weighted by molar-refractivity contribution is 0.0685. The highest BCUT2D eigenvalue weighted by Crippen LogP contribution is 2.62. The van der Waals surface area contributed by atoms with Gasteiger partial charge in [-0.1, -0.05) is 11.6 Å². The quantitative estimate of drug-likeness (QED) is 0.373. The van der Waals surface area contributed by atoms with Crippen LogP contribution in [-0.4, -0.2) is 40.3 Å². The van der Waals surface area contributed by atoms with E-state index in [9.17, 15) is 0 Å². The van der Waals surface area contributed by atoms with Gasteiger partial charge in [0.25, 0.3) is 0 Å². The molecule has 1 saturated heterocycles. The van der Waals surface area contributed by atoms with E-state index in [1.54, 1.807) is 5.57 Å². The summed E-state index contributed by atoms with van der Waals surface area (Å²) < 4.78 is 23.7. The molecule has 1 aliphatic heterocycles. The Morgan fingerprint density at radius 1 is 1.20 bits per heavy atom. The smallest absolute Gasteiger partial charge is 0.374 e. The Balaban J connectivity index is 1.60. The molecule has 5 heteroatoms. The van der Waals surface area contributed by atoms with Crippen molar-refractivity contribution in [1.82, 2.24) is 0 Å². The first-order valence-corrected chi connectivity index (χ1v) is 9.90. The molecule has 1 saturated carbocycles. The van der Waals surface area contributed by atoms with Crippen LogP contribution in [0, 0.1) is 5.92 Å². The molecule has 0 aromatic heterocycles. The van der Waals surface area contributed by atoms with Gasteiger partial charge in [-0.15, -0.1) is 0 Å². The van der Waals surface area contributed by atoms with Crippen LogP contribution in [0.25, 0.3) is 0 Å². The molecule has 3 aliphatic rings. The van der Waals surface area contributed by atoms with Crippen LogP contribution in [0.1, 0.15) is 40.0 Å². The Hall–Kier alpha value is -0.203. The van der Waals surface area contributed by atoms with Crippen molar-refractivity contribution in [2.75, 3.05) is 19.8 Å². The second-order valence-corrected chi connectivity index (χ2v) is 8.65. The lowest BCUT2D eigenvalue weighted by Gasteiger charge is -2.30. The fourth-order valence-corrected chi connectivity index (χ4v) is 6.65. The molecular weight excluding hydrogens is 272 g/mol. The summed E-state index contributed by atoms with van der Waals surface area (Å²) in [6, 6.07) is 0.915. The van der Waals surface area contributed by atoms with Crippen molar-refractivity contribution in [3.63, 3.8) is 0 Å². The predicted molar refractivity (Wildman–Crippen MR) is 78.5 cm³/mol. The SMILES string of the molecule is CCO[Si](CCC1CC2=CC3OC13C2)(OCC)OCC. The topological polar surface area (TPSA) is 40.2 Å². The van der Waals surface area contributed by atoms with Gasteiger partial charge in [0.15, 0.2) is 0 Å². The molecule has 3 atom stereocenters. The summed E-state index contributed by atoms with van der Waals surface area (Å²) >= 11 is 0. The van der Waals surface area contributed by atoms with Crippen molar-refractivity contribution in [3.05, 3.63) is 11.6 Å². The normalized spacial score (nSPS) is 34.2. The summed E-state index contributed by atoms with van der Waals surface area (Å²) in [5, 5.41) is 0. The molecule has 0 aromatic rings. The summed E-state index contributed by atoms with van der Waals surface area (Å²) in [4.78, 5) is 0. The first kappa shape index (κ1) is 14.7. The zero-order chi connectivity index (χ0) is 14.2. The molecule has 1 heterocycles. The summed E-state index contributed by atoms with van der Waals surface area (Å²) in [5.41, 5.74) is 1.77. The van der Waals surface area contributed by atoms with Crippen LogP contribution in [0.5, 0.6) is 0 Å². The predicted octanol–water partition coefficient (Wildman–Crippen LogP) is 2.91. The molecule has 2 aliphatic carbocycles. The van der Waals surface area contributed by atoms with E-state index in [2.05, 4.69) is 6.08 Å². The summed E-state index contributed by atoms with van der Waals surface area (Å²) in [6.07, 6.45) is 6.20. The maximum atomic E-state index is 5.94. The standard InChI is InChI=1S/C15H26O4Si/c1-4-16-20(17-5-2,18-6-3)8-7-13-9-12-10-14-15(13,11-12)19-14/h10,13-14H,4-9,11H2,1-3H3. The number of hydrogen-bond donors (Lipinski definition) is 0. The molecule has 4 nitrogen and oxygen atoms in total. The number of ether oxygens (including phenoxy) is 1. The van der Waals surface area contributed by atoms with Crippen LogP contribution in [0.3, 0.4) is 0 Å². The highest BCUT2D eigenvalue weighted by molar-refractivity contribution is 6.60. The van der Waals surface area contributed by atoms with Gasteiger partial charge < -0.3 is 18.0 Å². The molecule has 2 bridgehead atoms. The van der Waals surface area contributed by atoms with E-state index in [4.69, 9.17) is 18.0 Å². The highest BCUT2D eigenvalue weighted by Gasteiger charge is 2.67. The van der Waals surface area contributed by atoms with Crippen molar-refractivity contribution < 1.29 is 18.0 Å². The monoisotopic (exact) mass is 298 g/mol. The van der Waals surface area contributed by atoms with Crippen molar-refractivity contribution in [3.8, 4) is 0 Å². The van der Waals surface area contributed by atoms with Gasteiger partial charge in [-0.25, -0.2) is 0 Å². The van der Waals surface area contributed by atoms with E-state index < -0.39 is 8.80 Å². The zero-order valence-corrected chi connectivity index (χ0v) is 13.8. The Bertz CT molecular complexity index is 380. The first-order valence-electron chi connectivity index (χ1n) is 7.97. The number of fused-ring (bicyclic) bond motifs is 1. The average molecular weight is 298 g/mol. The molecule has 20 heavy (non-hydrogen) atoms. The van der Waals surface area contributed by atoms with Crippen molar-refractivity contribution in [2.24, 2.45) is 5.92 Å². The lowest BCUT2D eigenvalue weighted by Crippen LogP contribution is -2.46. The first-order chi connectivity index (χ1) is 9.68. The van der Waals surface area contributed by atoms with Crippen molar-refractivity contribution >= 4 is 8.80 Å². The lowest BCUT2D eigenvalue weighted by atomic mass is 9.89. The van der Waals surface area contributed by atoms with Crippen molar-refractivity contribution in [1.29, 1.82) is 0 Å². The number of epoxide rings is 1. The minimum atomic E-state index is -2.48. The van der Waals surface area contributed by atoms with E-state index in [0.717, 1.165) is 18.9 Å². The van der Waals surface area contributed by atoms with Gasteiger partial charge in [-0.2, -0.15) is 0 Å². The summed E-state index contributed by atoms with van der Waals surface area (Å²) in [5.74, 6) is 0.640. The third-order valence-electron chi connectivity index (χ3n) is 4.75. The second-order valence-electron chi connectivity index (χ2n) is 5.92. The molecule has 3 rings (SSSR count). The average Bonchev–Trinajstić information content (AvgIpc) is 2.86. The van der Waals surface area contributed by atoms with Gasteiger partial charge in [-0.05, 0) is 39.5 Å². The molecule has 1 spiro atoms. The molecule has 0 N–H and O–H groups in total. The van der Waals surface area contributed by atoms with Gasteiger partial charge in [0.05, 0.1) is 0 Å². The zero-order valence-electron chi connectivity index (χ0n) is 12.8. The van der Waals surface area contributed by atoms with Crippen LogP contribution < -0.4 is 0 Å². The molecule has 3 unspecified atom stereocenters. The molecule has 0 amide bonds. The van der Waals surface area contributed by atoms with E-state index in [0.29, 0.717) is 31.8 Å². The van der Waals surface area contributed by atoms with Gasteiger partial charge in [0, 0.05) is 32.3 Å². The molecular formula is C15H26O4Si. The van der Waals surface area contributed by atoms with E-state index in [1.807, 2.05) is 20.8 Å². The van der Waals surface area contributed by atoms with Gasteiger partial charge in [-0.3, -0.25) is 0 Å². The van der Waals surface area contributed by atoms with Crippen LogP contribution in [0.4, 0.5) is 0 Å². The van der Waals surface area contributed by atoms with Crippen LogP contribution in [0.15, 0.2) is 11.6 Å². The maximum Gasteiger partial charge on any atom is 0.500 e. The van der Waals surface area contributed by atoms with E-state index in [1.165, 1.54) is 6.42 Å². The third kappa shape index (κ3) is 2.39. The summed E-state index contributed by atoms with van der Waals surface area (Å²) in [6.45, 7) is 8.02. The van der Waals surface area contributed by atoms with Gasteiger partial charge >= 0.3 is 8.80 Å². The van der Waals surface area contributed by atoms with Crippen molar-refractivity contribution in [2.45, 2.75) is 57.8 Å². The van der Waals surface area contributed by atoms with Crippen LogP contribution in [0.2, 0.25) is 6.04 Å². The minimum Gasteiger partial charge on any atom is -0.374 e. The molecule has 114 valence electrons. The Kier molecular flexibility index (Phi) is 4.07. The van der Waals surface area contributed by atoms with Crippen LogP contribution in [-0.2, 0) is 18.0 Å². The number of hydrogen-bond acceptors (Lipinski definition) is 4. The molecule has 0 aromatic carbocycles.